The number of aromatic nitrogens is 2. The van der Waals surface area contributed by atoms with Crippen molar-refractivity contribution in [1.29, 1.82) is 0 Å². The van der Waals surface area contributed by atoms with Gasteiger partial charge in [0, 0.05) is 24.0 Å². The van der Waals surface area contributed by atoms with Gasteiger partial charge in [-0.25, -0.2) is 4.68 Å². The number of amides is 1. The van der Waals surface area contributed by atoms with Gasteiger partial charge in [-0.05, 0) is 56.9 Å². The Morgan fingerprint density at radius 3 is 2.62 bits per heavy atom. The van der Waals surface area contributed by atoms with E-state index >= 15 is 0 Å². The quantitative estimate of drug-likeness (QED) is 0.630. The zero-order chi connectivity index (χ0) is 20.4. The van der Waals surface area contributed by atoms with Gasteiger partial charge >= 0.3 is 0 Å². The van der Waals surface area contributed by atoms with E-state index in [-0.39, 0.29) is 24.5 Å². The molecule has 0 bridgehead atoms. The molecule has 0 saturated carbocycles. The molecular formula is C24H25N3O2. The number of hydrogen-bond acceptors (Lipinski definition) is 3. The first-order chi connectivity index (χ1) is 14.0. The first-order valence-corrected chi connectivity index (χ1v) is 10.1. The van der Waals surface area contributed by atoms with E-state index in [0.29, 0.717) is 5.56 Å². The molecule has 148 valence electrons. The smallest absolute Gasteiger partial charge is 0.225 e. The summed E-state index contributed by atoms with van der Waals surface area (Å²) in [5, 5.41) is 7.74. The second-order valence-electron chi connectivity index (χ2n) is 7.66. The van der Waals surface area contributed by atoms with E-state index < -0.39 is 0 Å². The van der Waals surface area contributed by atoms with Crippen LogP contribution in [0, 0.1) is 13.8 Å². The third-order valence-electron chi connectivity index (χ3n) is 5.44. The highest BCUT2D eigenvalue weighted by atomic mass is 16.2. The Labute approximate surface area is 170 Å². The van der Waals surface area contributed by atoms with Crippen LogP contribution in [0.25, 0.3) is 5.69 Å². The molecule has 1 aliphatic rings. The monoisotopic (exact) mass is 387 g/mol. The lowest BCUT2D eigenvalue weighted by atomic mass is 9.99. The Bertz CT molecular complexity index is 1070. The minimum absolute atomic E-state index is 0.00291. The van der Waals surface area contributed by atoms with Crippen LogP contribution in [0.5, 0.6) is 0 Å². The molecule has 0 fully saturated rings. The van der Waals surface area contributed by atoms with Gasteiger partial charge in [-0.2, -0.15) is 5.10 Å². The first-order valence-electron chi connectivity index (χ1n) is 10.1. The summed E-state index contributed by atoms with van der Waals surface area (Å²) in [7, 11) is 0. The SMILES string of the molecule is Cc1ccc(C)c(C(=O)CCC(=O)Nc2c3c(nn2-c2ccccc2)CCC3)c1. The Balaban J connectivity index is 1.49. The van der Waals surface area contributed by atoms with Crippen LogP contribution in [-0.2, 0) is 17.6 Å². The van der Waals surface area contributed by atoms with Crippen LogP contribution in [-0.4, -0.2) is 21.5 Å². The van der Waals surface area contributed by atoms with Crippen molar-refractivity contribution in [2.24, 2.45) is 0 Å². The first kappa shape index (κ1) is 19.1. The number of para-hydroxylation sites is 1. The molecule has 0 saturated heterocycles. The van der Waals surface area contributed by atoms with Crippen LogP contribution in [0.2, 0.25) is 0 Å². The van der Waals surface area contributed by atoms with Crippen LogP contribution < -0.4 is 5.32 Å². The molecule has 1 aromatic heterocycles. The van der Waals surface area contributed by atoms with Gasteiger partial charge in [0.1, 0.15) is 5.82 Å². The summed E-state index contributed by atoms with van der Waals surface area (Å²) in [6.07, 6.45) is 3.25. The van der Waals surface area contributed by atoms with E-state index in [1.54, 1.807) is 0 Å². The number of carbonyl (C=O) groups is 2. The molecule has 4 rings (SSSR count). The molecule has 0 spiro atoms. The van der Waals surface area contributed by atoms with Crippen LogP contribution in [0.1, 0.15) is 52.0 Å². The largest absolute Gasteiger partial charge is 0.310 e. The Kier molecular flexibility index (Phi) is 5.30. The molecule has 3 aromatic rings. The van der Waals surface area contributed by atoms with Gasteiger partial charge in [-0.15, -0.1) is 0 Å². The van der Waals surface area contributed by atoms with Crippen molar-refractivity contribution >= 4 is 17.5 Å². The van der Waals surface area contributed by atoms with E-state index in [9.17, 15) is 9.59 Å². The second kappa shape index (κ2) is 8.03. The molecule has 0 aliphatic heterocycles. The minimum Gasteiger partial charge on any atom is -0.310 e. The third kappa shape index (κ3) is 3.99. The summed E-state index contributed by atoms with van der Waals surface area (Å²) in [6, 6.07) is 15.6. The van der Waals surface area contributed by atoms with Crippen molar-refractivity contribution in [3.8, 4) is 5.69 Å². The summed E-state index contributed by atoms with van der Waals surface area (Å²) in [6.45, 7) is 3.89. The number of benzene rings is 2. The number of hydrogen-bond donors (Lipinski definition) is 1. The molecule has 2 aromatic carbocycles. The lowest BCUT2D eigenvalue weighted by molar-refractivity contribution is -0.116. The average molecular weight is 387 g/mol. The zero-order valence-electron chi connectivity index (χ0n) is 16.9. The summed E-state index contributed by atoms with van der Waals surface area (Å²) in [5.74, 6) is 0.589. The average Bonchev–Trinajstić information content (AvgIpc) is 3.31. The maximum atomic E-state index is 12.7. The van der Waals surface area contributed by atoms with E-state index in [2.05, 4.69) is 5.32 Å². The predicted octanol–water partition coefficient (Wildman–Crippen LogP) is 4.58. The van der Waals surface area contributed by atoms with Crippen molar-refractivity contribution < 1.29 is 9.59 Å². The van der Waals surface area contributed by atoms with Crippen molar-refractivity contribution in [1.82, 2.24) is 9.78 Å². The number of aryl methyl sites for hydroxylation is 3. The molecule has 0 unspecified atom stereocenters. The van der Waals surface area contributed by atoms with E-state index in [4.69, 9.17) is 5.10 Å². The van der Waals surface area contributed by atoms with E-state index in [1.807, 2.05) is 67.1 Å². The normalized spacial score (nSPS) is 12.6. The molecular weight excluding hydrogens is 362 g/mol. The number of rotatable bonds is 6. The molecule has 0 atom stereocenters. The number of carbonyl (C=O) groups excluding carboxylic acids is 2. The Morgan fingerprint density at radius 1 is 1.03 bits per heavy atom. The Morgan fingerprint density at radius 2 is 1.83 bits per heavy atom. The molecule has 5 heteroatoms. The predicted molar refractivity (Wildman–Crippen MR) is 114 cm³/mol. The number of nitrogens with zero attached hydrogens (tertiary/aromatic N) is 2. The molecule has 1 amide bonds. The molecule has 29 heavy (non-hydrogen) atoms. The van der Waals surface area contributed by atoms with Crippen LogP contribution >= 0.6 is 0 Å². The standard InChI is InChI=1S/C24H25N3O2/c1-16-11-12-17(2)20(15-16)22(28)13-14-23(29)25-24-19-9-6-10-21(19)26-27(24)18-7-4-3-5-8-18/h3-5,7-8,11-12,15H,6,9-10,13-14H2,1-2H3,(H,25,29). The summed E-state index contributed by atoms with van der Waals surface area (Å²) in [5.41, 5.74) is 5.78. The fraction of sp³-hybridized carbons (Fsp3) is 0.292. The lowest BCUT2D eigenvalue weighted by Gasteiger charge is -2.11. The molecule has 1 aliphatic carbocycles. The van der Waals surface area contributed by atoms with Gasteiger partial charge in [0.05, 0.1) is 11.4 Å². The highest BCUT2D eigenvalue weighted by Crippen LogP contribution is 2.31. The maximum Gasteiger partial charge on any atom is 0.225 e. The molecule has 5 nitrogen and oxygen atoms in total. The number of Topliss-reactive ketones (excluding diaryl/α,β-unsaturated/α-hetero) is 1. The molecule has 1 heterocycles. The number of ketones is 1. The topological polar surface area (TPSA) is 64.0 Å². The van der Waals surface area contributed by atoms with Crippen LogP contribution in [0.3, 0.4) is 0 Å². The van der Waals surface area contributed by atoms with Gasteiger partial charge in [-0.1, -0.05) is 35.9 Å². The van der Waals surface area contributed by atoms with Crippen molar-refractivity contribution in [3.63, 3.8) is 0 Å². The Hall–Kier alpha value is -3.21. The summed E-state index contributed by atoms with van der Waals surface area (Å²) in [4.78, 5) is 25.3. The van der Waals surface area contributed by atoms with Gasteiger partial charge < -0.3 is 5.32 Å². The van der Waals surface area contributed by atoms with Gasteiger partial charge in [0.25, 0.3) is 0 Å². The molecule has 1 N–H and O–H groups in total. The van der Waals surface area contributed by atoms with E-state index in [1.165, 1.54) is 0 Å². The van der Waals surface area contributed by atoms with Crippen molar-refractivity contribution in [2.75, 3.05) is 5.32 Å². The third-order valence-corrected chi connectivity index (χ3v) is 5.44. The highest BCUT2D eigenvalue weighted by Gasteiger charge is 2.24. The molecule has 0 radical (unpaired) electrons. The summed E-state index contributed by atoms with van der Waals surface area (Å²) >= 11 is 0. The number of nitrogens with one attached hydrogen (secondary N) is 1. The van der Waals surface area contributed by atoms with Crippen molar-refractivity contribution in [2.45, 2.75) is 46.0 Å². The van der Waals surface area contributed by atoms with Gasteiger partial charge in [-0.3, -0.25) is 9.59 Å². The zero-order valence-corrected chi connectivity index (χ0v) is 16.9. The van der Waals surface area contributed by atoms with Crippen LogP contribution in [0.15, 0.2) is 48.5 Å². The highest BCUT2D eigenvalue weighted by molar-refractivity contribution is 6.01. The fourth-order valence-electron chi connectivity index (χ4n) is 3.87. The second-order valence-corrected chi connectivity index (χ2v) is 7.66. The van der Waals surface area contributed by atoms with Gasteiger partial charge in [0.15, 0.2) is 5.78 Å². The fourth-order valence-corrected chi connectivity index (χ4v) is 3.87. The number of anilines is 1. The van der Waals surface area contributed by atoms with Crippen molar-refractivity contribution in [3.05, 3.63) is 76.5 Å². The van der Waals surface area contributed by atoms with Crippen LogP contribution in [0.4, 0.5) is 5.82 Å². The lowest BCUT2D eigenvalue weighted by Crippen LogP contribution is -2.17. The summed E-state index contributed by atoms with van der Waals surface area (Å²) < 4.78 is 1.81. The minimum atomic E-state index is -0.157. The maximum absolute atomic E-state index is 12.7. The van der Waals surface area contributed by atoms with Gasteiger partial charge in [0.2, 0.25) is 5.91 Å². The number of fused-ring (bicyclic) bond motifs is 1. The van der Waals surface area contributed by atoms with E-state index in [0.717, 1.165) is 53.2 Å².